The average molecular weight is 492 g/mol. The van der Waals surface area contributed by atoms with Crippen molar-refractivity contribution in [2.75, 3.05) is 14.2 Å². The smallest absolute Gasteiger partial charge is 0.328 e. The molecule has 8 heteroatoms. The number of methoxy groups -OCH3 is 2. The van der Waals surface area contributed by atoms with Gasteiger partial charge in [-0.05, 0) is 29.7 Å². The number of para-hydroxylation sites is 1. The number of rotatable bonds is 12. The molecule has 0 saturated carbocycles. The van der Waals surface area contributed by atoms with Gasteiger partial charge in [-0.1, -0.05) is 66.7 Å². The average Bonchev–Trinajstić information content (AvgIpc) is 2.93. The molecule has 0 radical (unpaired) electrons. The van der Waals surface area contributed by atoms with E-state index in [2.05, 4.69) is 10.1 Å². The lowest BCUT2D eigenvalue weighted by Gasteiger charge is -2.19. The van der Waals surface area contributed by atoms with Gasteiger partial charge >= 0.3 is 11.9 Å². The summed E-state index contributed by atoms with van der Waals surface area (Å²) in [6.07, 6.45) is -0.0381. The Bertz CT molecular complexity index is 1150. The lowest BCUT2D eigenvalue weighted by molar-refractivity contribution is -0.144. The summed E-state index contributed by atoms with van der Waals surface area (Å²) in [4.78, 5) is 37.1. The van der Waals surface area contributed by atoms with Gasteiger partial charge in [-0.25, -0.2) is 4.79 Å². The van der Waals surface area contributed by atoms with Crippen molar-refractivity contribution < 1.29 is 33.3 Å². The van der Waals surface area contributed by atoms with Crippen LogP contribution in [0.5, 0.6) is 11.5 Å². The van der Waals surface area contributed by atoms with Crippen LogP contribution in [-0.2, 0) is 32.3 Å². The number of nitrogens with one attached hydrogen (secondary N) is 1. The van der Waals surface area contributed by atoms with Gasteiger partial charge < -0.3 is 24.3 Å². The van der Waals surface area contributed by atoms with Gasteiger partial charge in [0.2, 0.25) is 0 Å². The van der Waals surface area contributed by atoms with Crippen molar-refractivity contribution >= 4 is 17.8 Å². The standard InChI is InChI=1S/C28H29NO7/c1-33-25(30)17-16-23(28(32)34-2)29-27(31)22-14-9-15-24(35-18-20-10-5-3-6-11-20)26(22)36-19-21-12-7-4-8-13-21/h3-15,23H,16-19H2,1-2H3,(H,29,31)/t23-/m0/s1. The van der Waals surface area contributed by atoms with Crippen LogP contribution in [0.15, 0.2) is 78.9 Å². The summed E-state index contributed by atoms with van der Waals surface area (Å²) >= 11 is 0. The first kappa shape index (κ1) is 26.3. The normalized spacial score (nSPS) is 11.2. The van der Waals surface area contributed by atoms with E-state index in [9.17, 15) is 14.4 Å². The number of amides is 1. The Balaban J connectivity index is 1.85. The third kappa shape index (κ3) is 7.59. The number of hydrogen-bond donors (Lipinski definition) is 1. The van der Waals surface area contributed by atoms with Gasteiger partial charge in [0.25, 0.3) is 5.91 Å². The van der Waals surface area contributed by atoms with Crippen molar-refractivity contribution in [3.8, 4) is 11.5 Å². The zero-order chi connectivity index (χ0) is 25.8. The minimum Gasteiger partial charge on any atom is -0.485 e. The number of benzene rings is 3. The second-order valence-corrected chi connectivity index (χ2v) is 7.85. The van der Waals surface area contributed by atoms with Crippen molar-refractivity contribution in [1.82, 2.24) is 5.32 Å². The molecule has 0 fully saturated rings. The molecule has 8 nitrogen and oxygen atoms in total. The fraction of sp³-hybridized carbons (Fsp3) is 0.250. The van der Waals surface area contributed by atoms with E-state index in [0.717, 1.165) is 11.1 Å². The van der Waals surface area contributed by atoms with Crippen molar-refractivity contribution in [2.45, 2.75) is 32.1 Å². The maximum Gasteiger partial charge on any atom is 0.328 e. The van der Waals surface area contributed by atoms with E-state index in [4.69, 9.17) is 14.2 Å². The highest BCUT2D eigenvalue weighted by Crippen LogP contribution is 2.33. The Hall–Kier alpha value is -4.33. The van der Waals surface area contributed by atoms with Crippen molar-refractivity contribution in [1.29, 1.82) is 0 Å². The van der Waals surface area contributed by atoms with Gasteiger partial charge in [0.1, 0.15) is 19.3 Å². The van der Waals surface area contributed by atoms with Gasteiger partial charge in [0.15, 0.2) is 11.5 Å². The SMILES string of the molecule is COC(=O)CC[C@H](NC(=O)c1cccc(OCc2ccccc2)c1OCc1ccccc1)C(=O)OC. The molecule has 1 atom stereocenters. The zero-order valence-electron chi connectivity index (χ0n) is 20.3. The second-order valence-electron chi connectivity index (χ2n) is 7.85. The topological polar surface area (TPSA) is 100 Å². The Labute approximate surface area is 210 Å². The second kappa shape index (κ2) is 13.5. The fourth-order valence-electron chi connectivity index (χ4n) is 3.41. The van der Waals surface area contributed by atoms with Gasteiger partial charge in [0.05, 0.1) is 19.8 Å². The molecule has 3 aromatic carbocycles. The molecule has 1 N–H and O–H groups in total. The molecule has 0 spiro atoms. The zero-order valence-corrected chi connectivity index (χ0v) is 20.3. The molecule has 188 valence electrons. The molecule has 1 amide bonds. The number of carbonyl (C=O) groups excluding carboxylic acids is 3. The van der Waals surface area contributed by atoms with Crippen LogP contribution in [-0.4, -0.2) is 38.1 Å². The lowest BCUT2D eigenvalue weighted by atomic mass is 10.1. The highest BCUT2D eigenvalue weighted by Gasteiger charge is 2.26. The largest absolute Gasteiger partial charge is 0.485 e. The third-order valence-corrected chi connectivity index (χ3v) is 5.34. The van der Waals surface area contributed by atoms with E-state index in [-0.39, 0.29) is 37.4 Å². The van der Waals surface area contributed by atoms with Crippen LogP contribution >= 0.6 is 0 Å². The Kier molecular flexibility index (Phi) is 9.88. The number of hydrogen-bond acceptors (Lipinski definition) is 7. The van der Waals surface area contributed by atoms with E-state index < -0.39 is 23.9 Å². The summed E-state index contributed by atoms with van der Waals surface area (Å²) in [7, 11) is 2.47. The number of carbonyl (C=O) groups is 3. The van der Waals surface area contributed by atoms with E-state index >= 15 is 0 Å². The quantitative estimate of drug-likeness (QED) is 0.381. The summed E-state index contributed by atoms with van der Waals surface area (Å²) in [6.45, 7) is 0.479. The first-order chi connectivity index (χ1) is 17.5. The van der Waals surface area contributed by atoms with Gasteiger partial charge in [-0.15, -0.1) is 0 Å². The van der Waals surface area contributed by atoms with Crippen LogP contribution in [0.25, 0.3) is 0 Å². The van der Waals surface area contributed by atoms with Crippen LogP contribution < -0.4 is 14.8 Å². The van der Waals surface area contributed by atoms with Crippen LogP contribution in [0.1, 0.15) is 34.3 Å². The van der Waals surface area contributed by atoms with E-state index in [1.54, 1.807) is 18.2 Å². The molecular formula is C28H29NO7. The molecule has 0 unspecified atom stereocenters. The third-order valence-electron chi connectivity index (χ3n) is 5.34. The Morgan fingerprint density at radius 1 is 0.750 bits per heavy atom. The van der Waals surface area contributed by atoms with E-state index in [0.29, 0.717) is 5.75 Å². The number of ether oxygens (including phenoxy) is 4. The predicted octanol–water partition coefficient (Wildman–Crippen LogP) is 4.07. The summed E-state index contributed by atoms with van der Waals surface area (Å²) in [6, 6.07) is 23.1. The minimum absolute atomic E-state index is 0.0233. The molecule has 0 bridgehead atoms. The van der Waals surface area contributed by atoms with Crippen molar-refractivity contribution in [3.05, 3.63) is 95.6 Å². The maximum atomic E-state index is 13.3. The highest BCUT2D eigenvalue weighted by atomic mass is 16.5. The highest BCUT2D eigenvalue weighted by molar-refractivity contribution is 5.99. The summed E-state index contributed by atoms with van der Waals surface area (Å²) in [5, 5.41) is 2.65. The molecule has 3 aromatic rings. The molecule has 0 aromatic heterocycles. The van der Waals surface area contributed by atoms with Gasteiger partial charge in [-0.2, -0.15) is 0 Å². The first-order valence-corrected chi connectivity index (χ1v) is 11.4. The maximum absolute atomic E-state index is 13.3. The molecule has 0 heterocycles. The Morgan fingerprint density at radius 3 is 1.94 bits per heavy atom. The molecule has 36 heavy (non-hydrogen) atoms. The van der Waals surface area contributed by atoms with Crippen LogP contribution in [0.4, 0.5) is 0 Å². The van der Waals surface area contributed by atoms with Crippen LogP contribution in [0, 0.1) is 0 Å². The predicted molar refractivity (Wildman–Crippen MR) is 133 cm³/mol. The van der Waals surface area contributed by atoms with Crippen molar-refractivity contribution in [3.63, 3.8) is 0 Å². The minimum atomic E-state index is -1.04. The van der Waals surface area contributed by atoms with E-state index in [1.807, 2.05) is 60.7 Å². The van der Waals surface area contributed by atoms with Crippen molar-refractivity contribution in [2.24, 2.45) is 0 Å². The monoisotopic (exact) mass is 491 g/mol. The first-order valence-electron chi connectivity index (χ1n) is 11.4. The molecular weight excluding hydrogens is 462 g/mol. The molecule has 3 rings (SSSR count). The summed E-state index contributed by atoms with van der Waals surface area (Å²) in [5.74, 6) is -1.11. The molecule has 0 saturated heterocycles. The summed E-state index contributed by atoms with van der Waals surface area (Å²) in [5.41, 5.74) is 2.05. The van der Waals surface area contributed by atoms with Crippen LogP contribution in [0.2, 0.25) is 0 Å². The molecule has 0 aliphatic heterocycles. The number of esters is 2. The Morgan fingerprint density at radius 2 is 1.36 bits per heavy atom. The molecule has 0 aliphatic rings. The summed E-state index contributed by atoms with van der Waals surface area (Å²) < 4.78 is 21.5. The molecule has 0 aliphatic carbocycles. The lowest BCUT2D eigenvalue weighted by Crippen LogP contribution is -2.42. The van der Waals surface area contributed by atoms with Gasteiger partial charge in [-0.3, -0.25) is 9.59 Å². The van der Waals surface area contributed by atoms with Crippen LogP contribution in [0.3, 0.4) is 0 Å². The van der Waals surface area contributed by atoms with E-state index in [1.165, 1.54) is 14.2 Å². The van der Waals surface area contributed by atoms with Gasteiger partial charge in [0, 0.05) is 6.42 Å². The fourth-order valence-corrected chi connectivity index (χ4v) is 3.41.